The summed E-state index contributed by atoms with van der Waals surface area (Å²) in [5.41, 5.74) is 4.00. The first-order valence-electron chi connectivity index (χ1n) is 13.2. The number of benzene rings is 3. The van der Waals surface area contributed by atoms with Crippen LogP contribution in [0.5, 0.6) is 0 Å². The molecule has 2 N–H and O–H groups in total. The molecule has 0 bridgehead atoms. The van der Waals surface area contributed by atoms with Crippen LogP contribution in [0, 0.1) is 5.82 Å². The smallest absolute Gasteiger partial charge is 0.261 e. The summed E-state index contributed by atoms with van der Waals surface area (Å²) in [6, 6.07) is 20.3. The topological polar surface area (TPSA) is 92.2 Å². The highest BCUT2D eigenvalue weighted by atomic mass is 35.5. The first-order valence-corrected chi connectivity index (χ1v) is 15.1. The van der Waals surface area contributed by atoms with E-state index in [1.165, 1.54) is 11.8 Å². The molecule has 0 saturated heterocycles. The summed E-state index contributed by atoms with van der Waals surface area (Å²) in [7, 11) is -3.93. The van der Waals surface area contributed by atoms with Crippen LogP contribution >= 0.6 is 11.6 Å². The van der Waals surface area contributed by atoms with Crippen molar-refractivity contribution in [3.05, 3.63) is 96.2 Å². The SMILES string of the molecule is CCN(CC)CCn1ccc2cc(-c3cc(Nc4ccc(NS(=O)(=O)c5ccc(F)c(Cl)c5)cc4)ncn3)ccc21. The summed E-state index contributed by atoms with van der Waals surface area (Å²) in [4.78, 5) is 11.1. The van der Waals surface area contributed by atoms with Crippen molar-refractivity contribution in [2.24, 2.45) is 0 Å². The first-order chi connectivity index (χ1) is 19.8. The average Bonchev–Trinajstić information content (AvgIpc) is 3.38. The Bertz CT molecular complexity index is 1770. The molecule has 212 valence electrons. The third-order valence-electron chi connectivity index (χ3n) is 6.90. The third kappa shape index (κ3) is 6.67. The van der Waals surface area contributed by atoms with E-state index in [-0.39, 0.29) is 9.92 Å². The third-order valence-corrected chi connectivity index (χ3v) is 8.56. The lowest BCUT2D eigenvalue weighted by Crippen LogP contribution is -2.26. The van der Waals surface area contributed by atoms with Crippen molar-refractivity contribution in [3.63, 3.8) is 0 Å². The number of nitrogens with one attached hydrogen (secondary N) is 2. The van der Waals surface area contributed by atoms with E-state index in [0.717, 1.165) is 61.0 Å². The van der Waals surface area contributed by atoms with Crippen LogP contribution in [0.15, 0.2) is 90.2 Å². The van der Waals surface area contributed by atoms with Crippen LogP contribution in [-0.4, -0.2) is 47.5 Å². The Morgan fingerprint density at radius 1 is 0.927 bits per heavy atom. The Labute approximate surface area is 243 Å². The van der Waals surface area contributed by atoms with Crippen LogP contribution in [0.3, 0.4) is 0 Å². The monoisotopic (exact) mass is 592 g/mol. The van der Waals surface area contributed by atoms with E-state index in [0.29, 0.717) is 17.2 Å². The standard InChI is InChI=1S/C30H30ClFN6O2S/c1-3-37(4-2)15-16-38-14-13-22-17-21(5-12-29(22)38)28-19-30(34-20-33-28)35-23-6-8-24(9-7-23)36-41(39,40)25-10-11-27(32)26(31)18-25/h5-14,17-20,36H,3-4,15-16H2,1-2H3,(H,33,34,35). The van der Waals surface area contributed by atoms with Crippen LogP contribution in [0.25, 0.3) is 22.2 Å². The van der Waals surface area contributed by atoms with Gasteiger partial charge >= 0.3 is 0 Å². The molecule has 8 nitrogen and oxygen atoms in total. The zero-order valence-electron chi connectivity index (χ0n) is 22.7. The summed E-state index contributed by atoms with van der Waals surface area (Å²) in [5, 5.41) is 4.12. The van der Waals surface area contributed by atoms with Crippen LogP contribution in [-0.2, 0) is 16.6 Å². The summed E-state index contributed by atoms with van der Waals surface area (Å²) in [6.07, 6.45) is 3.64. The van der Waals surface area contributed by atoms with E-state index in [1.54, 1.807) is 24.3 Å². The molecule has 5 rings (SSSR count). The number of halogens is 2. The molecule has 11 heteroatoms. The minimum absolute atomic E-state index is 0.131. The fourth-order valence-electron chi connectivity index (χ4n) is 4.55. The van der Waals surface area contributed by atoms with Crippen molar-refractivity contribution >= 4 is 49.7 Å². The Kier molecular flexibility index (Phi) is 8.53. The molecule has 0 saturated carbocycles. The second-order valence-electron chi connectivity index (χ2n) is 9.48. The van der Waals surface area contributed by atoms with Gasteiger partial charge < -0.3 is 14.8 Å². The van der Waals surface area contributed by atoms with Gasteiger partial charge in [0.15, 0.2) is 0 Å². The zero-order valence-corrected chi connectivity index (χ0v) is 24.3. The van der Waals surface area contributed by atoms with Crippen molar-refractivity contribution in [1.29, 1.82) is 0 Å². The number of aromatic nitrogens is 3. The van der Waals surface area contributed by atoms with Crippen LogP contribution in [0.4, 0.5) is 21.6 Å². The second kappa shape index (κ2) is 12.3. The molecule has 0 spiro atoms. The molecule has 0 aliphatic heterocycles. The first kappa shape index (κ1) is 28.5. The van der Waals surface area contributed by atoms with Crippen LogP contribution < -0.4 is 10.0 Å². The van der Waals surface area contributed by atoms with E-state index in [1.807, 2.05) is 6.07 Å². The zero-order chi connectivity index (χ0) is 29.0. The van der Waals surface area contributed by atoms with Crippen molar-refractivity contribution in [2.75, 3.05) is 29.7 Å². The van der Waals surface area contributed by atoms with E-state index in [9.17, 15) is 12.8 Å². The number of likely N-dealkylation sites (N-methyl/N-ethyl adjacent to an activating group) is 1. The number of fused-ring (bicyclic) bond motifs is 1. The number of nitrogens with zero attached hydrogens (tertiary/aromatic N) is 4. The van der Waals surface area contributed by atoms with Gasteiger partial charge in [-0.25, -0.2) is 22.8 Å². The van der Waals surface area contributed by atoms with Gasteiger partial charge in [0.25, 0.3) is 10.0 Å². The van der Waals surface area contributed by atoms with E-state index >= 15 is 0 Å². The van der Waals surface area contributed by atoms with Gasteiger partial charge in [0.1, 0.15) is 18.0 Å². The molecular weight excluding hydrogens is 563 g/mol. The van der Waals surface area contributed by atoms with Gasteiger partial charge in [0.05, 0.1) is 15.6 Å². The number of hydrogen-bond donors (Lipinski definition) is 2. The van der Waals surface area contributed by atoms with Crippen LogP contribution in [0.1, 0.15) is 13.8 Å². The predicted molar refractivity (Wildman–Crippen MR) is 163 cm³/mol. The maximum absolute atomic E-state index is 13.4. The van der Waals surface area contributed by atoms with Gasteiger partial charge in [-0.3, -0.25) is 4.72 Å². The normalized spacial score (nSPS) is 11.7. The molecule has 0 fully saturated rings. The van der Waals surface area contributed by atoms with Crippen molar-refractivity contribution in [1.82, 2.24) is 19.4 Å². The second-order valence-corrected chi connectivity index (χ2v) is 11.6. The largest absolute Gasteiger partial charge is 0.346 e. The lowest BCUT2D eigenvalue weighted by Gasteiger charge is -2.18. The van der Waals surface area contributed by atoms with E-state index < -0.39 is 15.8 Å². The van der Waals surface area contributed by atoms with Gasteiger partial charge in [-0.05, 0) is 73.8 Å². The van der Waals surface area contributed by atoms with Crippen molar-refractivity contribution in [3.8, 4) is 11.3 Å². The summed E-state index contributed by atoms with van der Waals surface area (Å²) in [6.45, 7) is 8.40. The number of anilines is 3. The molecule has 0 aliphatic carbocycles. The molecule has 3 aromatic carbocycles. The fourth-order valence-corrected chi connectivity index (χ4v) is 5.88. The predicted octanol–water partition coefficient (Wildman–Crippen LogP) is 6.78. The highest BCUT2D eigenvalue weighted by Crippen LogP contribution is 2.27. The minimum Gasteiger partial charge on any atom is -0.346 e. The average molecular weight is 593 g/mol. The summed E-state index contributed by atoms with van der Waals surface area (Å²) < 4.78 is 43.5. The number of sulfonamides is 1. The lowest BCUT2D eigenvalue weighted by atomic mass is 10.1. The molecule has 0 radical (unpaired) electrons. The van der Waals surface area contributed by atoms with Crippen molar-refractivity contribution < 1.29 is 12.8 Å². The molecule has 0 aliphatic rings. The Hall–Kier alpha value is -3.99. The molecule has 5 aromatic rings. The molecular formula is C30H30ClFN6O2S. The van der Waals surface area contributed by atoms with E-state index in [2.05, 4.69) is 73.8 Å². The van der Waals surface area contributed by atoms with Crippen molar-refractivity contribution in [2.45, 2.75) is 25.3 Å². The quantitative estimate of drug-likeness (QED) is 0.176. The van der Waals surface area contributed by atoms with Gasteiger partial charge in [-0.15, -0.1) is 0 Å². The molecule has 0 unspecified atom stereocenters. The summed E-state index contributed by atoms with van der Waals surface area (Å²) in [5.74, 6) is -0.0869. The van der Waals surface area contributed by atoms with Gasteiger partial charge in [0, 0.05) is 53.2 Å². The Balaban J connectivity index is 1.27. The Morgan fingerprint density at radius 3 is 2.41 bits per heavy atom. The number of rotatable bonds is 11. The molecule has 2 heterocycles. The molecule has 2 aromatic heterocycles. The van der Waals surface area contributed by atoms with E-state index in [4.69, 9.17) is 11.6 Å². The highest BCUT2D eigenvalue weighted by Gasteiger charge is 2.16. The van der Waals surface area contributed by atoms with Gasteiger partial charge in [-0.2, -0.15) is 0 Å². The lowest BCUT2D eigenvalue weighted by molar-refractivity contribution is 0.292. The minimum atomic E-state index is -3.93. The fraction of sp³-hybridized carbons (Fsp3) is 0.200. The molecule has 0 amide bonds. The Morgan fingerprint density at radius 2 is 1.68 bits per heavy atom. The van der Waals surface area contributed by atoms with Crippen LogP contribution in [0.2, 0.25) is 5.02 Å². The van der Waals surface area contributed by atoms with Gasteiger partial charge in [0.2, 0.25) is 0 Å². The highest BCUT2D eigenvalue weighted by molar-refractivity contribution is 7.92. The molecule has 41 heavy (non-hydrogen) atoms. The van der Waals surface area contributed by atoms with Gasteiger partial charge in [-0.1, -0.05) is 31.5 Å². The maximum Gasteiger partial charge on any atom is 0.261 e. The number of hydrogen-bond acceptors (Lipinski definition) is 6. The maximum atomic E-state index is 13.4. The molecule has 0 atom stereocenters. The summed E-state index contributed by atoms with van der Waals surface area (Å²) >= 11 is 5.74.